The van der Waals surface area contributed by atoms with Crippen LogP contribution in [-0.2, 0) is 20.2 Å². The predicted octanol–water partition coefficient (Wildman–Crippen LogP) is -0.00858. The number of methoxy groups -OCH3 is 1. The van der Waals surface area contributed by atoms with E-state index in [0.717, 1.165) is 30.3 Å². The molecule has 342 valence electrons. The van der Waals surface area contributed by atoms with Crippen LogP contribution in [-0.4, -0.2) is 54.2 Å². The van der Waals surface area contributed by atoms with Crippen molar-refractivity contribution in [1.29, 1.82) is 0 Å². The molecule has 0 unspecified atom stereocenters. The smallest absolute Gasteiger partial charge is 0.872 e. The fraction of sp³-hybridized carbons (Fsp3) is 0.0488. The van der Waals surface area contributed by atoms with Crippen molar-refractivity contribution in [2.45, 2.75) is 16.7 Å². The number of hydrogen-bond acceptors (Lipinski definition) is 19. The number of nitrogens with one attached hydrogen (secondary N) is 1. The van der Waals surface area contributed by atoms with Gasteiger partial charge in [-0.2, -0.15) is 32.2 Å². The summed E-state index contributed by atoms with van der Waals surface area (Å²) in [6.45, 7) is 1.61. The number of fused-ring (bicyclic) bond motifs is 2. The van der Waals surface area contributed by atoms with Gasteiger partial charge in [0.1, 0.15) is 31.9 Å². The van der Waals surface area contributed by atoms with Crippen LogP contribution in [0.15, 0.2) is 131 Å². The number of nitrogens with zero attached hydrogens (tertiary/aromatic N) is 7. The first-order valence-corrected chi connectivity index (χ1v) is 21.7. The summed E-state index contributed by atoms with van der Waals surface area (Å²) < 4.78 is 75.8. The first-order valence-electron chi connectivity index (χ1n) is 18.5. The van der Waals surface area contributed by atoms with E-state index in [1.54, 1.807) is 6.92 Å². The second-order valence-corrected chi connectivity index (χ2v) is 17.2. The number of carbonyl (C=O) groups is 1. The van der Waals surface area contributed by atoms with E-state index >= 15 is 0 Å². The number of phenols is 1. The summed E-state index contributed by atoms with van der Waals surface area (Å²) in [5.74, 6) is -4.85. The third kappa shape index (κ3) is 12.4. The van der Waals surface area contributed by atoms with Gasteiger partial charge in [0.25, 0.3) is 25.9 Å². The number of phenolic OH excluding ortho intramolecular Hbond substituents is 1. The molecule has 0 bridgehead atoms. The van der Waals surface area contributed by atoms with E-state index < -0.39 is 97.3 Å². The molecule has 0 amide bonds. The van der Waals surface area contributed by atoms with E-state index in [9.17, 15) is 66.4 Å². The summed E-state index contributed by atoms with van der Waals surface area (Å²) >= 11 is 5.85. The molecule has 0 fully saturated rings. The average Bonchev–Trinajstić information content (AvgIpc) is 3.25. The number of carboxylic acids is 1. The number of aryl methyl sites for hydroxylation is 1. The van der Waals surface area contributed by atoms with E-state index in [1.807, 2.05) is 0 Å². The van der Waals surface area contributed by atoms with Crippen molar-refractivity contribution in [2.75, 3.05) is 12.4 Å². The molecule has 0 spiro atoms. The first-order chi connectivity index (χ1) is 31.5. The molecule has 0 aliphatic rings. The third-order valence-electron chi connectivity index (χ3n) is 9.63. The average molecular weight is 1040 g/mol. The number of nitro groups is 1. The SMILES string of the molecule is COc1cc(N=Nc2ccc([O-])c(C(=O)O)c2)c(C)cc1N=Nc1c(S(=O)(=O)O)cc2cc(Nc3ccc4c([O-])c(N=Nc5cc(Cl)c([N+](=O)[O-])cc5[O-])c(S(=O)(=O)O)cc4c3)ccc2c1O.[Na+].[Na+].[Na+]. The van der Waals surface area contributed by atoms with Gasteiger partial charge in [-0.3, -0.25) is 19.2 Å². The maximum atomic E-state index is 13.5. The van der Waals surface area contributed by atoms with E-state index in [-0.39, 0.29) is 144 Å². The van der Waals surface area contributed by atoms with Crippen molar-refractivity contribution < 1.29 is 155 Å². The Morgan fingerprint density at radius 3 is 1.83 bits per heavy atom. The summed E-state index contributed by atoms with van der Waals surface area (Å²) in [6.07, 6.45) is 0. The molecule has 0 heterocycles. The minimum Gasteiger partial charge on any atom is -0.872 e. The molecule has 0 saturated heterocycles. The molecule has 0 aliphatic carbocycles. The van der Waals surface area contributed by atoms with Gasteiger partial charge in [-0.25, -0.2) is 4.79 Å². The number of aromatic hydroxyl groups is 1. The molecule has 0 aliphatic heterocycles. The zero-order valence-corrected chi connectivity index (χ0v) is 45.2. The van der Waals surface area contributed by atoms with Gasteiger partial charge in [-0.1, -0.05) is 41.0 Å². The number of azo groups is 3. The molecule has 7 rings (SSSR count). The predicted molar refractivity (Wildman–Crippen MR) is 233 cm³/mol. The fourth-order valence-corrected chi connectivity index (χ4v) is 7.96. The van der Waals surface area contributed by atoms with Gasteiger partial charge in [0.2, 0.25) is 0 Å². The van der Waals surface area contributed by atoms with Gasteiger partial charge in [-0.05, 0) is 95.4 Å². The van der Waals surface area contributed by atoms with E-state index in [4.69, 9.17) is 16.3 Å². The number of nitro benzene ring substituents is 1. The summed E-state index contributed by atoms with van der Waals surface area (Å²) in [6, 6.07) is 17.7. The zero-order chi connectivity index (χ0) is 48.7. The van der Waals surface area contributed by atoms with Crippen LogP contribution < -0.4 is 114 Å². The Bertz CT molecular complexity index is 3610. The minimum atomic E-state index is -5.16. The van der Waals surface area contributed by atoms with Crippen LogP contribution in [0.25, 0.3) is 21.5 Å². The van der Waals surface area contributed by atoms with Crippen molar-refractivity contribution in [1.82, 2.24) is 0 Å². The van der Waals surface area contributed by atoms with Gasteiger partial charge in [0.05, 0.1) is 40.3 Å². The van der Waals surface area contributed by atoms with Gasteiger partial charge in [-0.15, -0.1) is 15.3 Å². The van der Waals surface area contributed by atoms with Crippen LogP contribution in [0.5, 0.6) is 28.7 Å². The van der Waals surface area contributed by atoms with Crippen molar-refractivity contribution in [3.8, 4) is 28.7 Å². The molecule has 0 atom stereocenters. The fourth-order valence-electron chi connectivity index (χ4n) is 6.42. The molecule has 5 N–H and O–H groups in total. The van der Waals surface area contributed by atoms with Gasteiger partial charge >= 0.3 is 94.6 Å². The summed E-state index contributed by atoms with van der Waals surface area (Å²) in [5, 5.41) is 95.1. The van der Waals surface area contributed by atoms with Crippen molar-refractivity contribution in [2.24, 2.45) is 30.7 Å². The second-order valence-electron chi connectivity index (χ2n) is 14.0. The number of ether oxygens (including phenoxy) is 1. The Balaban J connectivity index is 0.00000355. The molecule has 29 heteroatoms. The Kier molecular flexibility index (Phi) is 18.6. The number of anilines is 2. The molecule has 7 aromatic carbocycles. The number of benzene rings is 7. The number of carboxylic acid groups (broad SMARTS) is 1. The van der Waals surface area contributed by atoms with Crippen molar-refractivity contribution >= 4 is 111 Å². The van der Waals surface area contributed by atoms with Gasteiger partial charge in [0, 0.05) is 28.9 Å². The van der Waals surface area contributed by atoms with Crippen LogP contribution in [0.2, 0.25) is 5.02 Å². The van der Waals surface area contributed by atoms with Crippen molar-refractivity contribution in [3.05, 3.63) is 117 Å². The van der Waals surface area contributed by atoms with E-state index in [2.05, 4.69) is 36.0 Å². The Morgan fingerprint density at radius 2 is 1.24 bits per heavy atom. The van der Waals surface area contributed by atoms with Gasteiger partial charge < -0.3 is 35.6 Å². The quantitative estimate of drug-likeness (QED) is 0.0333. The molecule has 70 heavy (non-hydrogen) atoms. The van der Waals surface area contributed by atoms with Crippen LogP contribution in [0.3, 0.4) is 0 Å². The Hall–Kier alpha value is -5.36. The zero-order valence-electron chi connectivity index (χ0n) is 36.8. The molecule has 23 nitrogen and oxygen atoms in total. The van der Waals surface area contributed by atoms with Crippen LogP contribution in [0.1, 0.15) is 15.9 Å². The van der Waals surface area contributed by atoms with Crippen LogP contribution >= 0.6 is 11.6 Å². The normalized spacial score (nSPS) is 11.7. The van der Waals surface area contributed by atoms with Crippen LogP contribution in [0, 0.1) is 17.0 Å². The maximum absolute atomic E-state index is 13.5. The Morgan fingerprint density at radius 1 is 0.686 bits per heavy atom. The van der Waals surface area contributed by atoms with Gasteiger partial charge in [0.15, 0.2) is 5.75 Å². The standard InChI is InChI=1S/C41H29ClN8O15S2.3Na/c1-18-9-30(34(65-2)16-28(18)45-44-23-5-8-32(51)26(14-23)41(55)56)47-49-38-36(67(62,63)64)13-20-11-22(4-7-25(20)40(38)54)43-21-3-6-24-19(10-21)12-35(66(59,60)61)37(39(24)53)48-46-29-15-27(42)31(50(57)58)17-33(29)52;;;/h3-17,43,51-54H,1-2H3,(H,55,56)(H,59,60,61)(H,62,63,64);;;/q;3*+1/p-3. The number of hydrogen-bond donors (Lipinski definition) is 5. The summed E-state index contributed by atoms with van der Waals surface area (Å²) in [5.41, 5.74) is -2.07. The number of halogens is 1. The van der Waals surface area contributed by atoms with Crippen LogP contribution in [0.4, 0.5) is 51.2 Å². The molecule has 0 radical (unpaired) electrons. The van der Waals surface area contributed by atoms with E-state index in [0.29, 0.717) is 11.6 Å². The first kappa shape index (κ1) is 57.2. The molecular formula is C41H26ClN8Na3O15S2. The summed E-state index contributed by atoms with van der Waals surface area (Å²) in [7, 11) is -8.96. The minimum absolute atomic E-state index is 0. The number of aromatic carboxylic acids is 1. The maximum Gasteiger partial charge on any atom is 1.00 e. The molecule has 7 aromatic rings. The molecular weight excluding hydrogens is 1010 g/mol. The number of rotatable bonds is 13. The monoisotopic (exact) mass is 1040 g/mol. The van der Waals surface area contributed by atoms with E-state index in [1.165, 1.54) is 61.7 Å². The summed E-state index contributed by atoms with van der Waals surface area (Å²) in [4.78, 5) is 19.7. The topological polar surface area (TPSA) is 374 Å². The molecule has 0 saturated carbocycles. The Labute approximate surface area is 466 Å². The third-order valence-corrected chi connectivity index (χ3v) is 11.7. The second kappa shape index (κ2) is 22.8. The largest absolute Gasteiger partial charge is 1.00 e. The van der Waals surface area contributed by atoms with Crippen molar-refractivity contribution in [3.63, 3.8) is 0 Å². The molecule has 0 aromatic heterocycles.